The van der Waals surface area contributed by atoms with Gasteiger partial charge in [-0.25, -0.2) is 0 Å². The van der Waals surface area contributed by atoms with E-state index in [9.17, 15) is 4.79 Å². The number of carbonyl (C=O) groups is 1. The van der Waals surface area contributed by atoms with Crippen LogP contribution in [-0.2, 0) is 9.53 Å². The first-order valence-corrected chi connectivity index (χ1v) is 8.91. The van der Waals surface area contributed by atoms with Gasteiger partial charge in [0.25, 0.3) is 0 Å². The van der Waals surface area contributed by atoms with Gasteiger partial charge in [0.05, 0.1) is 6.61 Å². The van der Waals surface area contributed by atoms with Crippen molar-refractivity contribution >= 4 is 5.97 Å². The molecule has 0 aromatic carbocycles. The molecule has 1 fully saturated rings. The van der Waals surface area contributed by atoms with Crippen LogP contribution in [0.3, 0.4) is 0 Å². The molecule has 4 heteroatoms. The number of rotatable bonds is 11. The maximum atomic E-state index is 12.2. The maximum absolute atomic E-state index is 12.2. The van der Waals surface area contributed by atoms with Crippen LogP contribution in [0.4, 0.5) is 0 Å². The molecular weight excluding hydrogens is 264 g/mol. The van der Waals surface area contributed by atoms with Crippen LogP contribution in [0.1, 0.15) is 65.2 Å². The molecule has 1 rings (SSSR count). The molecule has 1 heterocycles. The highest BCUT2D eigenvalue weighted by molar-refractivity contribution is 5.75. The summed E-state index contributed by atoms with van der Waals surface area (Å²) in [5.74, 6) is -0.0228. The van der Waals surface area contributed by atoms with Crippen LogP contribution in [0, 0.1) is 0 Å². The quantitative estimate of drug-likeness (QED) is 0.470. The lowest BCUT2D eigenvalue weighted by molar-refractivity contribution is -0.150. The molecule has 0 amide bonds. The van der Waals surface area contributed by atoms with Gasteiger partial charge < -0.3 is 10.1 Å². The van der Waals surface area contributed by atoms with Crippen LogP contribution in [0.5, 0.6) is 0 Å². The van der Waals surface area contributed by atoms with Gasteiger partial charge in [-0.2, -0.15) is 0 Å². The topological polar surface area (TPSA) is 41.6 Å². The smallest absolute Gasteiger partial charge is 0.323 e. The Labute approximate surface area is 130 Å². The Balaban J connectivity index is 2.26. The van der Waals surface area contributed by atoms with Gasteiger partial charge >= 0.3 is 5.97 Å². The van der Waals surface area contributed by atoms with E-state index >= 15 is 0 Å². The zero-order valence-corrected chi connectivity index (χ0v) is 14.0. The highest BCUT2D eigenvalue weighted by Gasteiger charge is 2.27. The molecule has 0 spiro atoms. The van der Waals surface area contributed by atoms with Gasteiger partial charge in [-0.15, -0.1) is 0 Å². The van der Waals surface area contributed by atoms with E-state index in [4.69, 9.17) is 4.74 Å². The lowest BCUT2D eigenvalue weighted by Gasteiger charge is -2.33. The first kappa shape index (κ1) is 18.4. The van der Waals surface area contributed by atoms with E-state index in [1.54, 1.807) is 0 Å². The summed E-state index contributed by atoms with van der Waals surface area (Å²) in [6, 6.07) is -0.0253. The fourth-order valence-electron chi connectivity index (χ4n) is 2.98. The van der Waals surface area contributed by atoms with Crippen LogP contribution in [-0.4, -0.2) is 49.7 Å². The standard InChI is InChI=1S/C17H34N2O2/c1-3-5-6-7-8-9-10-11-16(17(20)21-4-2)19-14-12-18-13-15-19/h16,18H,3-15H2,1-2H3. The largest absolute Gasteiger partial charge is 0.465 e. The van der Waals surface area contributed by atoms with E-state index in [-0.39, 0.29) is 12.0 Å². The Bertz CT molecular complexity index is 266. The molecule has 0 bridgehead atoms. The van der Waals surface area contributed by atoms with Crippen molar-refractivity contribution in [3.8, 4) is 0 Å². The van der Waals surface area contributed by atoms with Crippen LogP contribution in [0.15, 0.2) is 0 Å². The van der Waals surface area contributed by atoms with Crippen LogP contribution >= 0.6 is 0 Å². The molecular formula is C17H34N2O2. The summed E-state index contributed by atoms with van der Waals surface area (Å²) < 4.78 is 5.27. The summed E-state index contributed by atoms with van der Waals surface area (Å²) in [7, 11) is 0. The highest BCUT2D eigenvalue weighted by atomic mass is 16.5. The molecule has 0 aromatic rings. The van der Waals surface area contributed by atoms with E-state index in [0.717, 1.165) is 39.0 Å². The molecule has 21 heavy (non-hydrogen) atoms. The third-order valence-corrected chi connectivity index (χ3v) is 4.23. The first-order chi connectivity index (χ1) is 10.3. The normalized spacial score (nSPS) is 17.6. The Hall–Kier alpha value is -0.610. The Morgan fingerprint density at radius 2 is 1.67 bits per heavy atom. The third kappa shape index (κ3) is 7.82. The van der Waals surface area contributed by atoms with E-state index in [1.165, 1.54) is 38.5 Å². The summed E-state index contributed by atoms with van der Waals surface area (Å²) in [6.45, 7) is 8.50. The summed E-state index contributed by atoms with van der Waals surface area (Å²) in [4.78, 5) is 14.5. The van der Waals surface area contributed by atoms with Gasteiger partial charge in [0.1, 0.15) is 6.04 Å². The van der Waals surface area contributed by atoms with Crippen molar-refractivity contribution in [2.24, 2.45) is 0 Å². The molecule has 4 nitrogen and oxygen atoms in total. The number of nitrogens with zero attached hydrogens (tertiary/aromatic N) is 1. The minimum Gasteiger partial charge on any atom is -0.465 e. The number of unbranched alkanes of at least 4 members (excludes halogenated alkanes) is 6. The summed E-state index contributed by atoms with van der Waals surface area (Å²) >= 11 is 0. The molecule has 124 valence electrons. The number of nitrogens with one attached hydrogen (secondary N) is 1. The minimum atomic E-state index is -0.0253. The molecule has 1 unspecified atom stereocenters. The molecule has 0 aliphatic carbocycles. The van der Waals surface area contributed by atoms with Crippen molar-refractivity contribution in [2.75, 3.05) is 32.8 Å². The number of hydrogen-bond acceptors (Lipinski definition) is 4. The fourth-order valence-corrected chi connectivity index (χ4v) is 2.98. The van der Waals surface area contributed by atoms with Gasteiger partial charge in [-0.3, -0.25) is 9.69 Å². The van der Waals surface area contributed by atoms with E-state index < -0.39 is 0 Å². The zero-order chi connectivity index (χ0) is 15.3. The van der Waals surface area contributed by atoms with Crippen molar-refractivity contribution < 1.29 is 9.53 Å². The van der Waals surface area contributed by atoms with E-state index in [0.29, 0.717) is 6.61 Å². The van der Waals surface area contributed by atoms with Gasteiger partial charge in [-0.05, 0) is 13.3 Å². The number of esters is 1. The number of hydrogen-bond donors (Lipinski definition) is 1. The number of carbonyl (C=O) groups excluding carboxylic acids is 1. The van der Waals surface area contributed by atoms with Crippen molar-refractivity contribution in [3.05, 3.63) is 0 Å². The predicted octanol–water partition coefficient (Wildman–Crippen LogP) is 2.96. The van der Waals surface area contributed by atoms with Gasteiger partial charge in [0, 0.05) is 26.2 Å². The molecule has 1 saturated heterocycles. The van der Waals surface area contributed by atoms with Gasteiger partial charge in [0.2, 0.25) is 0 Å². The van der Waals surface area contributed by atoms with Gasteiger partial charge in [0.15, 0.2) is 0 Å². The summed E-state index contributed by atoms with van der Waals surface area (Å²) in [5.41, 5.74) is 0. The molecule has 1 aliphatic heterocycles. The lowest BCUT2D eigenvalue weighted by atomic mass is 10.0. The molecule has 1 N–H and O–H groups in total. The van der Waals surface area contributed by atoms with Crippen molar-refractivity contribution in [1.29, 1.82) is 0 Å². The van der Waals surface area contributed by atoms with Crippen molar-refractivity contribution in [2.45, 2.75) is 71.3 Å². The predicted molar refractivity (Wildman–Crippen MR) is 87.5 cm³/mol. The second-order valence-electron chi connectivity index (χ2n) is 5.96. The van der Waals surface area contributed by atoms with Gasteiger partial charge in [-0.1, -0.05) is 51.9 Å². The minimum absolute atomic E-state index is 0.0228. The summed E-state index contributed by atoms with van der Waals surface area (Å²) in [5, 5.41) is 3.34. The van der Waals surface area contributed by atoms with Crippen molar-refractivity contribution in [3.63, 3.8) is 0 Å². The average molecular weight is 298 g/mol. The Morgan fingerprint density at radius 1 is 1.05 bits per heavy atom. The van der Waals surface area contributed by atoms with Crippen molar-refractivity contribution in [1.82, 2.24) is 10.2 Å². The molecule has 0 radical (unpaired) electrons. The zero-order valence-electron chi connectivity index (χ0n) is 14.0. The number of piperazine rings is 1. The van der Waals surface area contributed by atoms with Crippen LogP contribution in [0.2, 0.25) is 0 Å². The number of ether oxygens (including phenoxy) is 1. The molecule has 0 aromatic heterocycles. The van der Waals surface area contributed by atoms with E-state index in [1.807, 2.05) is 6.92 Å². The lowest BCUT2D eigenvalue weighted by Crippen LogP contribution is -2.51. The monoisotopic (exact) mass is 298 g/mol. The fraction of sp³-hybridized carbons (Fsp3) is 0.941. The third-order valence-electron chi connectivity index (χ3n) is 4.23. The molecule has 0 saturated carbocycles. The van der Waals surface area contributed by atoms with Crippen LogP contribution < -0.4 is 5.32 Å². The van der Waals surface area contributed by atoms with E-state index in [2.05, 4.69) is 17.1 Å². The highest BCUT2D eigenvalue weighted by Crippen LogP contribution is 2.15. The molecule has 1 atom stereocenters. The molecule has 1 aliphatic rings. The van der Waals surface area contributed by atoms with Crippen LogP contribution in [0.25, 0.3) is 0 Å². The SMILES string of the molecule is CCCCCCCCCC(C(=O)OCC)N1CCNCC1. The maximum Gasteiger partial charge on any atom is 0.323 e. The Kier molecular flexibility index (Phi) is 10.5. The second kappa shape index (κ2) is 12.0. The second-order valence-corrected chi connectivity index (χ2v) is 5.96. The Morgan fingerprint density at radius 3 is 2.29 bits per heavy atom. The first-order valence-electron chi connectivity index (χ1n) is 8.91. The summed E-state index contributed by atoms with van der Waals surface area (Å²) in [6.07, 6.45) is 9.98. The average Bonchev–Trinajstić information content (AvgIpc) is 2.51.